The van der Waals surface area contributed by atoms with Crippen LogP contribution >= 0.6 is 0 Å². The van der Waals surface area contributed by atoms with E-state index in [0.29, 0.717) is 0 Å². The molecular weight excluding hydrogens is 250 g/mol. The van der Waals surface area contributed by atoms with Crippen molar-refractivity contribution >= 4 is 6.09 Å². The fourth-order valence-electron chi connectivity index (χ4n) is 2.30. The number of methoxy groups -OCH3 is 1. The predicted molar refractivity (Wildman–Crippen MR) is 79.6 cm³/mol. The third kappa shape index (κ3) is 3.18. The molecule has 1 amide bonds. The van der Waals surface area contributed by atoms with Crippen LogP contribution in [0.25, 0.3) is 0 Å². The van der Waals surface area contributed by atoms with Gasteiger partial charge < -0.3 is 10.1 Å². The molecule has 0 saturated heterocycles. The van der Waals surface area contributed by atoms with Crippen LogP contribution in [0.4, 0.5) is 4.79 Å². The molecule has 0 radical (unpaired) electrons. The molecule has 3 nitrogen and oxygen atoms in total. The second kappa shape index (κ2) is 6.75. The molecule has 104 valence electrons. The first-order chi connectivity index (χ1) is 9.76. The molecule has 0 aliphatic rings. The van der Waals surface area contributed by atoms with E-state index in [0.717, 1.165) is 17.5 Å². The minimum atomic E-state index is -0.426. The molecule has 0 aliphatic carbocycles. The van der Waals surface area contributed by atoms with Crippen LogP contribution in [0.15, 0.2) is 54.6 Å². The van der Waals surface area contributed by atoms with Gasteiger partial charge in [0.25, 0.3) is 0 Å². The van der Waals surface area contributed by atoms with Gasteiger partial charge in [-0.2, -0.15) is 0 Å². The number of amides is 1. The van der Waals surface area contributed by atoms with Gasteiger partial charge in [-0.25, -0.2) is 4.79 Å². The van der Waals surface area contributed by atoms with E-state index in [-0.39, 0.29) is 6.04 Å². The zero-order valence-corrected chi connectivity index (χ0v) is 11.8. The number of nitrogens with one attached hydrogen (secondary N) is 1. The van der Waals surface area contributed by atoms with Gasteiger partial charge in [0.05, 0.1) is 13.2 Å². The maximum Gasteiger partial charge on any atom is 0.407 e. The van der Waals surface area contributed by atoms with Gasteiger partial charge in [0.2, 0.25) is 0 Å². The maximum absolute atomic E-state index is 11.6. The normalized spacial score (nSPS) is 11.7. The highest BCUT2D eigenvalue weighted by molar-refractivity contribution is 5.68. The van der Waals surface area contributed by atoms with E-state index < -0.39 is 6.09 Å². The predicted octanol–water partition coefficient (Wildman–Crippen LogP) is 3.69. The van der Waals surface area contributed by atoms with E-state index in [1.165, 1.54) is 12.7 Å². The Labute approximate surface area is 119 Å². The Hall–Kier alpha value is -2.29. The van der Waals surface area contributed by atoms with E-state index in [1.807, 2.05) is 48.5 Å². The summed E-state index contributed by atoms with van der Waals surface area (Å²) in [5, 5.41) is 2.91. The Morgan fingerprint density at radius 3 is 2.40 bits per heavy atom. The van der Waals surface area contributed by atoms with Crippen LogP contribution in [-0.2, 0) is 11.2 Å². The highest BCUT2D eigenvalue weighted by atomic mass is 16.5. The number of hydrogen-bond acceptors (Lipinski definition) is 2. The van der Waals surface area contributed by atoms with Crippen molar-refractivity contribution in [3.05, 3.63) is 71.3 Å². The van der Waals surface area contributed by atoms with Crippen LogP contribution in [0.5, 0.6) is 0 Å². The maximum atomic E-state index is 11.6. The van der Waals surface area contributed by atoms with Gasteiger partial charge in [-0.15, -0.1) is 0 Å². The van der Waals surface area contributed by atoms with Gasteiger partial charge in [0, 0.05) is 0 Å². The molecule has 0 spiro atoms. The number of hydrogen-bond donors (Lipinski definition) is 1. The molecule has 0 aliphatic heterocycles. The summed E-state index contributed by atoms with van der Waals surface area (Å²) in [7, 11) is 1.38. The van der Waals surface area contributed by atoms with Gasteiger partial charge in [-0.05, 0) is 23.1 Å². The van der Waals surface area contributed by atoms with Gasteiger partial charge in [0.1, 0.15) is 0 Å². The van der Waals surface area contributed by atoms with E-state index in [1.54, 1.807) is 0 Å². The van der Waals surface area contributed by atoms with Crippen molar-refractivity contribution in [1.82, 2.24) is 5.32 Å². The Morgan fingerprint density at radius 2 is 1.75 bits per heavy atom. The highest BCUT2D eigenvalue weighted by Crippen LogP contribution is 2.25. The number of rotatable bonds is 4. The molecule has 1 atom stereocenters. The molecule has 0 bridgehead atoms. The second-order valence-electron chi connectivity index (χ2n) is 4.53. The lowest BCUT2D eigenvalue weighted by Gasteiger charge is -2.21. The topological polar surface area (TPSA) is 38.3 Å². The SMILES string of the molecule is CCc1ccccc1C(NC(=O)OC)c1ccccc1. The molecule has 0 saturated carbocycles. The summed E-state index contributed by atoms with van der Waals surface area (Å²) in [5.74, 6) is 0. The van der Waals surface area contributed by atoms with Crippen molar-refractivity contribution in [3.8, 4) is 0 Å². The summed E-state index contributed by atoms with van der Waals surface area (Å²) < 4.78 is 4.75. The molecule has 20 heavy (non-hydrogen) atoms. The number of benzene rings is 2. The highest BCUT2D eigenvalue weighted by Gasteiger charge is 2.19. The van der Waals surface area contributed by atoms with E-state index in [4.69, 9.17) is 4.74 Å². The largest absolute Gasteiger partial charge is 0.453 e. The van der Waals surface area contributed by atoms with Crippen molar-refractivity contribution in [3.63, 3.8) is 0 Å². The Bertz CT molecular complexity index is 566. The van der Waals surface area contributed by atoms with Crippen molar-refractivity contribution < 1.29 is 9.53 Å². The Morgan fingerprint density at radius 1 is 1.10 bits per heavy atom. The minimum absolute atomic E-state index is 0.195. The van der Waals surface area contributed by atoms with E-state index in [2.05, 4.69) is 18.3 Å². The van der Waals surface area contributed by atoms with Crippen molar-refractivity contribution in [2.24, 2.45) is 0 Å². The van der Waals surface area contributed by atoms with Crippen LogP contribution in [0, 0.1) is 0 Å². The molecule has 2 rings (SSSR count). The number of ether oxygens (including phenoxy) is 1. The quantitative estimate of drug-likeness (QED) is 0.919. The van der Waals surface area contributed by atoms with Gasteiger partial charge >= 0.3 is 6.09 Å². The van der Waals surface area contributed by atoms with Crippen LogP contribution in [0.3, 0.4) is 0 Å². The fourth-order valence-corrected chi connectivity index (χ4v) is 2.30. The Balaban J connectivity index is 2.43. The first-order valence-corrected chi connectivity index (χ1v) is 6.73. The fraction of sp³-hybridized carbons (Fsp3) is 0.235. The summed E-state index contributed by atoms with van der Waals surface area (Å²) >= 11 is 0. The number of carbonyl (C=O) groups excluding carboxylic acids is 1. The zero-order chi connectivity index (χ0) is 14.4. The van der Waals surface area contributed by atoms with Crippen LogP contribution in [0.2, 0.25) is 0 Å². The molecule has 0 heterocycles. The number of alkyl carbamates (subject to hydrolysis) is 1. The first kappa shape index (κ1) is 14.1. The molecule has 3 heteroatoms. The minimum Gasteiger partial charge on any atom is -0.453 e. The lowest BCUT2D eigenvalue weighted by molar-refractivity contribution is 0.168. The van der Waals surface area contributed by atoms with Crippen LogP contribution < -0.4 is 5.32 Å². The van der Waals surface area contributed by atoms with Crippen molar-refractivity contribution in [2.45, 2.75) is 19.4 Å². The lowest BCUT2D eigenvalue weighted by Crippen LogP contribution is -2.29. The van der Waals surface area contributed by atoms with Crippen LogP contribution in [-0.4, -0.2) is 13.2 Å². The third-order valence-electron chi connectivity index (χ3n) is 3.33. The van der Waals surface area contributed by atoms with Gasteiger partial charge in [-0.1, -0.05) is 61.5 Å². The lowest BCUT2D eigenvalue weighted by atomic mass is 9.93. The smallest absolute Gasteiger partial charge is 0.407 e. The first-order valence-electron chi connectivity index (χ1n) is 6.73. The zero-order valence-electron chi connectivity index (χ0n) is 11.8. The second-order valence-corrected chi connectivity index (χ2v) is 4.53. The molecular formula is C17H19NO2. The summed E-state index contributed by atoms with van der Waals surface area (Å²) in [6.45, 7) is 2.11. The van der Waals surface area contributed by atoms with Gasteiger partial charge in [0.15, 0.2) is 0 Å². The average molecular weight is 269 g/mol. The summed E-state index contributed by atoms with van der Waals surface area (Å²) in [5.41, 5.74) is 3.36. The number of aryl methyl sites for hydroxylation is 1. The van der Waals surface area contributed by atoms with E-state index >= 15 is 0 Å². The van der Waals surface area contributed by atoms with Crippen molar-refractivity contribution in [1.29, 1.82) is 0 Å². The third-order valence-corrected chi connectivity index (χ3v) is 3.33. The van der Waals surface area contributed by atoms with Crippen LogP contribution in [0.1, 0.15) is 29.7 Å². The van der Waals surface area contributed by atoms with E-state index in [9.17, 15) is 4.79 Å². The molecule has 1 unspecified atom stereocenters. The molecule has 0 fully saturated rings. The Kier molecular flexibility index (Phi) is 4.77. The monoisotopic (exact) mass is 269 g/mol. The molecule has 0 aromatic heterocycles. The average Bonchev–Trinajstić information content (AvgIpc) is 2.53. The van der Waals surface area contributed by atoms with Gasteiger partial charge in [-0.3, -0.25) is 0 Å². The summed E-state index contributed by atoms with van der Waals surface area (Å²) in [6, 6.07) is 17.9. The summed E-state index contributed by atoms with van der Waals surface area (Å²) in [6.07, 6.45) is 0.493. The summed E-state index contributed by atoms with van der Waals surface area (Å²) in [4.78, 5) is 11.6. The standard InChI is InChI=1S/C17H19NO2/c1-3-13-9-7-8-12-15(13)16(18-17(19)20-2)14-10-5-4-6-11-14/h4-12,16H,3H2,1-2H3,(H,18,19). The molecule has 2 aromatic carbocycles. The molecule has 1 N–H and O–H groups in total. The number of carbonyl (C=O) groups is 1. The van der Waals surface area contributed by atoms with Crippen molar-refractivity contribution in [2.75, 3.05) is 7.11 Å². The molecule has 2 aromatic rings.